The Morgan fingerprint density at radius 3 is 2.00 bits per heavy atom. The average molecular weight is 259 g/mol. The van der Waals surface area contributed by atoms with Gasteiger partial charge in [-0.3, -0.25) is 4.79 Å². The van der Waals surface area contributed by atoms with Gasteiger partial charge in [0.2, 0.25) is 0 Å². The number of hydrogen-bond acceptors (Lipinski definition) is 3. The third-order valence-corrected chi connectivity index (χ3v) is 2.10. The molecule has 1 atom stereocenters. The molecule has 18 heavy (non-hydrogen) atoms. The molecule has 0 aromatic carbocycles. The highest BCUT2D eigenvalue weighted by molar-refractivity contribution is 5.72. The Kier molecular flexibility index (Phi) is 5.64. The predicted molar refractivity (Wildman–Crippen MR) is 69.4 cm³/mol. The maximum absolute atomic E-state index is 11.4. The van der Waals surface area contributed by atoms with E-state index in [1.807, 2.05) is 20.8 Å². The molecule has 0 radical (unpaired) electrons. The van der Waals surface area contributed by atoms with E-state index < -0.39 is 23.6 Å². The number of aliphatic carboxylic acids is 1. The Bertz CT molecular complexity index is 299. The summed E-state index contributed by atoms with van der Waals surface area (Å²) in [6.45, 7) is 11.3. The van der Waals surface area contributed by atoms with Crippen molar-refractivity contribution < 1.29 is 19.4 Å². The van der Waals surface area contributed by atoms with E-state index >= 15 is 0 Å². The van der Waals surface area contributed by atoms with Gasteiger partial charge in [-0.2, -0.15) is 0 Å². The molecule has 0 fully saturated rings. The number of carboxylic acid groups (broad SMARTS) is 1. The summed E-state index contributed by atoms with van der Waals surface area (Å²) in [5.74, 6) is -1.50. The monoisotopic (exact) mass is 259 g/mol. The van der Waals surface area contributed by atoms with Gasteiger partial charge in [-0.15, -0.1) is 0 Å². The Balaban J connectivity index is 4.29. The van der Waals surface area contributed by atoms with Crippen molar-refractivity contribution in [1.82, 2.24) is 5.32 Å². The smallest absolute Gasteiger partial charge is 0.407 e. The zero-order valence-electron chi connectivity index (χ0n) is 12.2. The van der Waals surface area contributed by atoms with Crippen LogP contribution in [-0.4, -0.2) is 29.3 Å². The molecule has 0 aliphatic rings. The minimum atomic E-state index is -0.902. The number of carbonyl (C=O) groups excluding carboxylic acids is 1. The molecule has 0 aromatic rings. The molecule has 0 aliphatic carbocycles. The summed E-state index contributed by atoms with van der Waals surface area (Å²) in [5.41, 5.74) is -0.675. The van der Waals surface area contributed by atoms with Crippen LogP contribution in [0.25, 0.3) is 0 Å². The van der Waals surface area contributed by atoms with Crippen LogP contribution in [0, 0.1) is 11.3 Å². The molecule has 0 aromatic heterocycles. The number of ether oxygens (including phenoxy) is 1. The van der Waals surface area contributed by atoms with Crippen molar-refractivity contribution in [2.75, 3.05) is 6.54 Å². The normalized spacial score (nSPS) is 13.9. The third-order valence-electron chi connectivity index (χ3n) is 2.10. The van der Waals surface area contributed by atoms with E-state index in [4.69, 9.17) is 9.84 Å². The van der Waals surface area contributed by atoms with Gasteiger partial charge in [-0.25, -0.2) is 4.79 Å². The lowest BCUT2D eigenvalue weighted by molar-refractivity contribution is -0.142. The Morgan fingerprint density at radius 2 is 1.67 bits per heavy atom. The van der Waals surface area contributed by atoms with Crippen molar-refractivity contribution in [2.24, 2.45) is 11.3 Å². The second-order valence-electron chi connectivity index (χ2n) is 6.68. The first-order valence-electron chi connectivity index (χ1n) is 6.10. The van der Waals surface area contributed by atoms with Crippen molar-refractivity contribution in [3.05, 3.63) is 0 Å². The Labute approximate surface area is 109 Å². The van der Waals surface area contributed by atoms with E-state index in [0.29, 0.717) is 6.42 Å². The van der Waals surface area contributed by atoms with Gasteiger partial charge in [0.05, 0.1) is 5.92 Å². The highest BCUT2D eigenvalue weighted by Crippen LogP contribution is 2.24. The van der Waals surface area contributed by atoms with E-state index in [1.54, 1.807) is 20.8 Å². The summed E-state index contributed by atoms with van der Waals surface area (Å²) in [6.07, 6.45) is -0.0827. The maximum Gasteiger partial charge on any atom is 0.407 e. The molecule has 0 aliphatic heterocycles. The van der Waals surface area contributed by atoms with Crippen molar-refractivity contribution in [3.63, 3.8) is 0 Å². The first-order valence-corrected chi connectivity index (χ1v) is 6.10. The number of nitrogens with one attached hydrogen (secondary N) is 1. The van der Waals surface area contributed by atoms with Crippen LogP contribution in [0.2, 0.25) is 0 Å². The molecule has 5 heteroatoms. The van der Waals surface area contributed by atoms with Gasteiger partial charge < -0.3 is 15.2 Å². The Hall–Kier alpha value is -1.26. The summed E-state index contributed by atoms with van der Waals surface area (Å²) in [5, 5.41) is 11.6. The molecule has 5 nitrogen and oxygen atoms in total. The molecule has 0 heterocycles. The molecule has 0 spiro atoms. The predicted octanol–water partition coefficient (Wildman–Crippen LogP) is 2.65. The van der Waals surface area contributed by atoms with Gasteiger partial charge in [-0.05, 0) is 32.6 Å². The van der Waals surface area contributed by atoms with E-state index in [0.717, 1.165) is 0 Å². The fraction of sp³-hybridized carbons (Fsp3) is 0.846. The summed E-state index contributed by atoms with van der Waals surface area (Å²) in [7, 11) is 0. The molecule has 0 saturated heterocycles. The lowest BCUT2D eigenvalue weighted by Gasteiger charge is -2.24. The van der Waals surface area contributed by atoms with Gasteiger partial charge in [0.25, 0.3) is 0 Å². The number of alkyl carbamates (subject to hydrolysis) is 1. The van der Waals surface area contributed by atoms with Crippen LogP contribution in [0.15, 0.2) is 0 Å². The summed E-state index contributed by atoms with van der Waals surface area (Å²) < 4.78 is 5.05. The molecule has 2 N–H and O–H groups in total. The zero-order valence-corrected chi connectivity index (χ0v) is 12.2. The molecule has 1 amide bonds. The Morgan fingerprint density at radius 1 is 1.17 bits per heavy atom. The minimum Gasteiger partial charge on any atom is -0.481 e. The molecular formula is C13H25NO4. The number of rotatable bonds is 4. The number of hydrogen-bond donors (Lipinski definition) is 2. The van der Waals surface area contributed by atoms with Gasteiger partial charge in [0.15, 0.2) is 0 Å². The van der Waals surface area contributed by atoms with Crippen LogP contribution >= 0.6 is 0 Å². The van der Waals surface area contributed by atoms with E-state index in [-0.39, 0.29) is 12.0 Å². The fourth-order valence-corrected chi connectivity index (χ4v) is 1.51. The molecular weight excluding hydrogens is 234 g/mol. The van der Waals surface area contributed by atoms with Crippen LogP contribution in [0.3, 0.4) is 0 Å². The second kappa shape index (κ2) is 6.07. The van der Waals surface area contributed by atoms with E-state index in [9.17, 15) is 9.59 Å². The standard InChI is InChI=1S/C13H25NO4/c1-12(2,3)7-9(10(15)16)8-14-11(17)18-13(4,5)6/h9H,7-8H2,1-6H3,(H,14,17)(H,15,16)/t9-/m1/s1. The van der Waals surface area contributed by atoms with Gasteiger partial charge >= 0.3 is 12.1 Å². The average Bonchev–Trinajstić information content (AvgIpc) is 2.06. The lowest BCUT2D eigenvalue weighted by atomic mass is 9.84. The molecule has 0 unspecified atom stereocenters. The third kappa shape index (κ3) is 8.84. The van der Waals surface area contributed by atoms with E-state index in [2.05, 4.69) is 5.32 Å². The van der Waals surface area contributed by atoms with Crippen LogP contribution < -0.4 is 5.32 Å². The first-order chi connectivity index (χ1) is 7.91. The number of amides is 1. The van der Waals surface area contributed by atoms with Gasteiger partial charge in [-0.1, -0.05) is 20.8 Å². The molecule has 106 valence electrons. The topological polar surface area (TPSA) is 75.6 Å². The fourth-order valence-electron chi connectivity index (χ4n) is 1.51. The lowest BCUT2D eigenvalue weighted by Crippen LogP contribution is -2.38. The van der Waals surface area contributed by atoms with Crippen LogP contribution in [0.5, 0.6) is 0 Å². The molecule has 0 bridgehead atoms. The minimum absolute atomic E-state index is 0.0848. The number of carboxylic acids is 1. The van der Waals surface area contributed by atoms with Crippen LogP contribution in [0.4, 0.5) is 4.79 Å². The summed E-state index contributed by atoms with van der Waals surface area (Å²) in [6, 6.07) is 0. The van der Waals surface area contributed by atoms with Crippen LogP contribution in [-0.2, 0) is 9.53 Å². The quantitative estimate of drug-likeness (QED) is 0.813. The second-order valence-corrected chi connectivity index (χ2v) is 6.68. The van der Waals surface area contributed by atoms with Gasteiger partial charge in [0, 0.05) is 6.54 Å². The highest BCUT2D eigenvalue weighted by Gasteiger charge is 2.25. The first kappa shape index (κ1) is 16.7. The highest BCUT2D eigenvalue weighted by atomic mass is 16.6. The van der Waals surface area contributed by atoms with Crippen molar-refractivity contribution >= 4 is 12.1 Å². The van der Waals surface area contributed by atoms with Crippen molar-refractivity contribution in [2.45, 2.75) is 53.6 Å². The van der Waals surface area contributed by atoms with Crippen LogP contribution in [0.1, 0.15) is 48.0 Å². The molecule has 0 rings (SSSR count). The van der Waals surface area contributed by atoms with Gasteiger partial charge in [0.1, 0.15) is 5.60 Å². The molecule has 0 saturated carbocycles. The van der Waals surface area contributed by atoms with Crippen molar-refractivity contribution in [3.8, 4) is 0 Å². The van der Waals surface area contributed by atoms with Crippen molar-refractivity contribution in [1.29, 1.82) is 0 Å². The number of carbonyl (C=O) groups is 2. The maximum atomic E-state index is 11.4. The summed E-state index contributed by atoms with van der Waals surface area (Å²) >= 11 is 0. The zero-order chi connectivity index (χ0) is 14.6. The van der Waals surface area contributed by atoms with E-state index in [1.165, 1.54) is 0 Å². The largest absolute Gasteiger partial charge is 0.481 e. The SMILES string of the molecule is CC(C)(C)C[C@H](CNC(=O)OC(C)(C)C)C(=O)O. The summed E-state index contributed by atoms with van der Waals surface area (Å²) in [4.78, 5) is 22.5.